The minimum Gasteiger partial charge on any atom is -0.355 e. The highest BCUT2D eigenvalue weighted by Gasteiger charge is 2.44. The zero-order chi connectivity index (χ0) is 33.2. The number of anilines is 2. The fourth-order valence-electron chi connectivity index (χ4n) is 7.30. The van der Waals surface area contributed by atoms with Crippen LogP contribution in [0.3, 0.4) is 0 Å². The third kappa shape index (κ3) is 7.58. The highest BCUT2D eigenvalue weighted by Crippen LogP contribution is 2.46. The Balaban J connectivity index is 1.03. The van der Waals surface area contributed by atoms with Crippen molar-refractivity contribution in [2.45, 2.75) is 62.2 Å². The number of sulfonamides is 1. The number of pyridine rings is 1. The number of likely N-dealkylation sites (tertiary alicyclic amines) is 1. The summed E-state index contributed by atoms with van der Waals surface area (Å²) in [5, 5.41) is 2.95. The Morgan fingerprint density at radius 1 is 0.936 bits per heavy atom. The third-order valence-electron chi connectivity index (χ3n) is 10.1. The standard InChI is InChI=1S/C33H43ClF2N6O4S/c34-29-22-26(33(35,36)25-7-5-24(6-8-25)32(44)37-13-17-39-14-1-2-15-39)23-30(38-29)40-18-20-41(21-19-40)47(45,46)28-11-9-27(10-12-28)42-16-3-4-31(42)43/h9-12,22-25H,1-8,13-21H2,(H,37,44). The van der Waals surface area contributed by atoms with Crippen LogP contribution in [0.5, 0.6) is 0 Å². The van der Waals surface area contributed by atoms with Crippen LogP contribution in [0.1, 0.15) is 56.9 Å². The summed E-state index contributed by atoms with van der Waals surface area (Å²) in [6.07, 6.45) is 4.95. The lowest BCUT2D eigenvalue weighted by Gasteiger charge is -2.36. The number of alkyl halides is 2. The first kappa shape index (κ1) is 34.0. The summed E-state index contributed by atoms with van der Waals surface area (Å²) in [5.74, 6) is -4.05. The van der Waals surface area contributed by atoms with Crippen LogP contribution in [0.15, 0.2) is 41.3 Å². The van der Waals surface area contributed by atoms with Gasteiger partial charge in [0.15, 0.2) is 0 Å². The average molecular weight is 693 g/mol. The molecule has 2 amide bonds. The summed E-state index contributed by atoms with van der Waals surface area (Å²) >= 11 is 6.27. The van der Waals surface area contributed by atoms with Gasteiger partial charge in [0.1, 0.15) is 11.0 Å². The number of hydrogen-bond donors (Lipinski definition) is 1. The van der Waals surface area contributed by atoms with Crippen LogP contribution in [0, 0.1) is 11.8 Å². The number of piperazine rings is 1. The molecule has 4 heterocycles. The number of carbonyl (C=O) groups is 2. The van der Waals surface area contributed by atoms with Gasteiger partial charge in [-0.15, -0.1) is 0 Å². The van der Waals surface area contributed by atoms with Crippen molar-refractivity contribution in [1.29, 1.82) is 0 Å². The van der Waals surface area contributed by atoms with Gasteiger partial charge in [0.25, 0.3) is 5.92 Å². The Labute approximate surface area is 280 Å². The lowest BCUT2D eigenvalue weighted by Crippen LogP contribution is -2.49. The lowest BCUT2D eigenvalue weighted by atomic mass is 9.77. The second-order valence-corrected chi connectivity index (χ2v) is 15.4. The first-order chi connectivity index (χ1) is 22.5. The van der Waals surface area contributed by atoms with Crippen LogP contribution in [-0.2, 0) is 25.5 Å². The fraction of sp³-hybridized carbons (Fsp3) is 0.606. The first-order valence-corrected chi connectivity index (χ1v) is 18.6. The zero-order valence-electron chi connectivity index (χ0n) is 26.6. The van der Waals surface area contributed by atoms with Crippen molar-refractivity contribution < 1.29 is 26.8 Å². The molecule has 2 aromatic rings. The zero-order valence-corrected chi connectivity index (χ0v) is 28.1. The molecule has 0 atom stereocenters. The minimum absolute atomic E-state index is 0.0302. The van der Waals surface area contributed by atoms with Gasteiger partial charge in [0.05, 0.1) is 4.90 Å². The molecule has 4 aliphatic rings. The number of rotatable bonds is 10. The van der Waals surface area contributed by atoms with Gasteiger partial charge >= 0.3 is 0 Å². The predicted molar refractivity (Wildman–Crippen MR) is 176 cm³/mol. The molecule has 1 saturated carbocycles. The van der Waals surface area contributed by atoms with E-state index in [2.05, 4.69) is 15.2 Å². The number of nitrogens with zero attached hydrogens (tertiary/aromatic N) is 5. The Bertz CT molecular complexity index is 1540. The monoisotopic (exact) mass is 692 g/mol. The average Bonchev–Trinajstić information content (AvgIpc) is 3.76. The van der Waals surface area contributed by atoms with E-state index in [-0.39, 0.29) is 78.2 Å². The van der Waals surface area contributed by atoms with E-state index in [1.807, 2.05) is 0 Å². The molecule has 0 bridgehead atoms. The Hall–Kier alpha value is -2.87. The summed E-state index contributed by atoms with van der Waals surface area (Å²) in [6, 6.07) is 8.92. The molecule has 0 spiro atoms. The normalized spacial score (nSPS) is 23.4. The van der Waals surface area contributed by atoms with E-state index in [0.717, 1.165) is 26.1 Å². The van der Waals surface area contributed by atoms with Gasteiger partial charge < -0.3 is 20.0 Å². The number of carbonyl (C=O) groups excluding carboxylic acids is 2. The van der Waals surface area contributed by atoms with Crippen LogP contribution in [0.2, 0.25) is 5.15 Å². The largest absolute Gasteiger partial charge is 0.355 e. The van der Waals surface area contributed by atoms with E-state index in [1.54, 1.807) is 21.9 Å². The molecule has 1 aromatic carbocycles. The fourth-order valence-corrected chi connectivity index (χ4v) is 8.93. The molecule has 3 saturated heterocycles. The van der Waals surface area contributed by atoms with Crippen molar-refractivity contribution in [1.82, 2.24) is 19.5 Å². The molecule has 4 fully saturated rings. The molecule has 256 valence electrons. The molecule has 6 rings (SSSR count). The number of benzene rings is 1. The van der Waals surface area contributed by atoms with Gasteiger partial charge in [0, 0.05) is 75.3 Å². The Morgan fingerprint density at radius 3 is 2.26 bits per heavy atom. The maximum atomic E-state index is 15.9. The number of halogens is 3. The van der Waals surface area contributed by atoms with Crippen LogP contribution in [-0.4, -0.2) is 93.3 Å². The smallest absolute Gasteiger partial charge is 0.276 e. The number of amides is 2. The molecular formula is C33H43ClF2N6O4S. The third-order valence-corrected chi connectivity index (χ3v) is 12.2. The lowest BCUT2D eigenvalue weighted by molar-refractivity contribution is -0.129. The molecule has 47 heavy (non-hydrogen) atoms. The van der Waals surface area contributed by atoms with Crippen LogP contribution < -0.4 is 15.1 Å². The minimum atomic E-state index is -3.79. The van der Waals surface area contributed by atoms with Crippen molar-refractivity contribution in [3.63, 3.8) is 0 Å². The highest BCUT2D eigenvalue weighted by molar-refractivity contribution is 7.89. The summed E-state index contributed by atoms with van der Waals surface area (Å²) in [5.41, 5.74) is 0.468. The molecular weight excluding hydrogens is 650 g/mol. The van der Waals surface area contributed by atoms with Crippen LogP contribution in [0.4, 0.5) is 20.3 Å². The Kier molecular flexibility index (Phi) is 10.4. The summed E-state index contributed by atoms with van der Waals surface area (Å²) in [4.78, 5) is 35.0. The van der Waals surface area contributed by atoms with Crippen LogP contribution >= 0.6 is 11.6 Å². The van der Waals surface area contributed by atoms with E-state index in [4.69, 9.17) is 11.6 Å². The van der Waals surface area contributed by atoms with Crippen molar-refractivity contribution in [2.24, 2.45) is 11.8 Å². The summed E-state index contributed by atoms with van der Waals surface area (Å²) in [6.45, 7) is 4.98. The van der Waals surface area contributed by atoms with Gasteiger partial charge in [0.2, 0.25) is 21.8 Å². The van der Waals surface area contributed by atoms with E-state index in [1.165, 1.54) is 41.4 Å². The van der Waals surface area contributed by atoms with Crippen molar-refractivity contribution >= 4 is 44.9 Å². The molecule has 1 aromatic heterocycles. The molecule has 0 unspecified atom stereocenters. The molecule has 10 nitrogen and oxygen atoms in total. The molecule has 1 N–H and O–H groups in total. The second-order valence-electron chi connectivity index (χ2n) is 13.1. The number of hydrogen-bond acceptors (Lipinski definition) is 7. The van der Waals surface area contributed by atoms with E-state index >= 15 is 8.78 Å². The van der Waals surface area contributed by atoms with Gasteiger partial charge in [-0.05, 0) is 94.4 Å². The maximum Gasteiger partial charge on any atom is 0.276 e. The number of aromatic nitrogens is 1. The SMILES string of the molecule is O=C(NCCN1CCCC1)C1CCC(C(F)(F)c2cc(Cl)nc(N3CCN(S(=O)(=O)c4ccc(N5CCCC5=O)cc4)CC3)c2)CC1. The molecule has 3 aliphatic heterocycles. The highest BCUT2D eigenvalue weighted by atomic mass is 35.5. The van der Waals surface area contributed by atoms with Gasteiger partial charge in [-0.1, -0.05) is 11.6 Å². The summed E-state index contributed by atoms with van der Waals surface area (Å²) in [7, 11) is -3.79. The number of nitrogens with one attached hydrogen (secondary N) is 1. The quantitative estimate of drug-likeness (QED) is 0.366. The predicted octanol–water partition coefficient (Wildman–Crippen LogP) is 4.48. The van der Waals surface area contributed by atoms with Gasteiger partial charge in [-0.2, -0.15) is 4.31 Å². The van der Waals surface area contributed by atoms with Gasteiger partial charge in [-0.25, -0.2) is 22.2 Å². The Morgan fingerprint density at radius 2 is 1.62 bits per heavy atom. The molecule has 0 radical (unpaired) electrons. The first-order valence-electron chi connectivity index (χ1n) is 16.7. The maximum absolute atomic E-state index is 15.9. The summed E-state index contributed by atoms with van der Waals surface area (Å²) < 4.78 is 59.9. The van der Waals surface area contributed by atoms with Crippen molar-refractivity contribution in [3.8, 4) is 0 Å². The van der Waals surface area contributed by atoms with Gasteiger partial charge in [-0.3, -0.25) is 9.59 Å². The molecule has 14 heteroatoms. The van der Waals surface area contributed by atoms with Crippen LogP contribution in [0.25, 0.3) is 0 Å². The van der Waals surface area contributed by atoms with E-state index < -0.39 is 21.9 Å². The van der Waals surface area contributed by atoms with E-state index in [9.17, 15) is 18.0 Å². The van der Waals surface area contributed by atoms with E-state index in [0.29, 0.717) is 38.0 Å². The topological polar surface area (TPSA) is 106 Å². The second kappa shape index (κ2) is 14.3. The molecule has 1 aliphatic carbocycles. The van der Waals surface area contributed by atoms with Crippen molar-refractivity contribution in [2.75, 3.05) is 68.7 Å². The van der Waals surface area contributed by atoms with Crippen molar-refractivity contribution in [3.05, 3.63) is 47.1 Å².